The number of sulfonamides is 2. The van der Waals surface area contributed by atoms with Gasteiger partial charge in [-0.2, -0.15) is 4.31 Å². The number of hydrogen-bond donors (Lipinski definition) is 1. The molecule has 1 aliphatic rings. The molecule has 2 rings (SSSR count). The SMILES string of the molecule is CN(C)S(=O)(=O)C1CCCN(S(=O)(=O)c2cc(F)cc(C(=O)O)c2)C1. The van der Waals surface area contributed by atoms with Crippen molar-refractivity contribution in [3.05, 3.63) is 29.6 Å². The molecule has 0 aliphatic carbocycles. The van der Waals surface area contributed by atoms with E-state index in [4.69, 9.17) is 5.11 Å². The number of rotatable bonds is 5. The molecule has 1 atom stereocenters. The van der Waals surface area contributed by atoms with E-state index in [1.165, 1.54) is 14.1 Å². The summed E-state index contributed by atoms with van der Waals surface area (Å²) in [7, 11) is -5.12. The van der Waals surface area contributed by atoms with Crippen LogP contribution in [0.15, 0.2) is 23.1 Å². The second kappa shape index (κ2) is 6.98. The average molecular weight is 394 g/mol. The summed E-state index contributed by atoms with van der Waals surface area (Å²) in [6.45, 7) is -0.178. The summed E-state index contributed by atoms with van der Waals surface area (Å²) in [4.78, 5) is 10.5. The van der Waals surface area contributed by atoms with E-state index < -0.39 is 47.5 Å². The molecule has 8 nitrogen and oxygen atoms in total. The van der Waals surface area contributed by atoms with Gasteiger partial charge in [-0.3, -0.25) is 0 Å². The number of aromatic carboxylic acids is 1. The van der Waals surface area contributed by atoms with Gasteiger partial charge in [0.25, 0.3) is 0 Å². The molecule has 0 amide bonds. The fourth-order valence-electron chi connectivity index (χ4n) is 2.65. The van der Waals surface area contributed by atoms with E-state index >= 15 is 0 Å². The van der Waals surface area contributed by atoms with Crippen LogP contribution in [0.5, 0.6) is 0 Å². The molecule has 1 saturated heterocycles. The van der Waals surface area contributed by atoms with Crippen LogP contribution in [0.25, 0.3) is 0 Å². The molecule has 0 saturated carbocycles. The number of nitrogens with zero attached hydrogens (tertiary/aromatic N) is 2. The highest BCUT2D eigenvalue weighted by Crippen LogP contribution is 2.26. The third kappa shape index (κ3) is 4.00. The van der Waals surface area contributed by atoms with Crippen LogP contribution in [0.4, 0.5) is 4.39 Å². The van der Waals surface area contributed by atoms with Crippen molar-refractivity contribution in [1.82, 2.24) is 8.61 Å². The molecule has 25 heavy (non-hydrogen) atoms. The third-order valence-corrected chi connectivity index (χ3v) is 8.12. The topological polar surface area (TPSA) is 112 Å². The van der Waals surface area contributed by atoms with Gasteiger partial charge < -0.3 is 5.11 Å². The quantitative estimate of drug-likeness (QED) is 0.781. The number of halogens is 1. The highest BCUT2D eigenvalue weighted by atomic mass is 32.2. The predicted octanol–water partition coefficient (Wildman–Crippen LogP) is 0.568. The van der Waals surface area contributed by atoms with Crippen molar-refractivity contribution in [2.24, 2.45) is 0 Å². The van der Waals surface area contributed by atoms with Crippen LogP contribution in [-0.2, 0) is 20.0 Å². The lowest BCUT2D eigenvalue weighted by atomic mass is 10.2. The Morgan fingerprint density at radius 1 is 1.24 bits per heavy atom. The first-order chi connectivity index (χ1) is 11.5. The largest absolute Gasteiger partial charge is 0.478 e. The maximum Gasteiger partial charge on any atom is 0.335 e. The Kier molecular flexibility index (Phi) is 5.52. The molecular formula is C14H19FN2O6S2. The Labute approximate surface area is 146 Å². The molecule has 1 unspecified atom stereocenters. The van der Waals surface area contributed by atoms with Crippen LogP contribution in [-0.4, -0.2) is 69.0 Å². The molecule has 0 bridgehead atoms. The van der Waals surface area contributed by atoms with Crippen LogP contribution in [0, 0.1) is 5.82 Å². The van der Waals surface area contributed by atoms with Crippen molar-refractivity contribution in [3.8, 4) is 0 Å². The van der Waals surface area contributed by atoms with Gasteiger partial charge in [0.05, 0.1) is 15.7 Å². The van der Waals surface area contributed by atoms with Crippen LogP contribution in [0.1, 0.15) is 23.2 Å². The zero-order chi connectivity index (χ0) is 19.0. The molecule has 1 aromatic rings. The lowest BCUT2D eigenvalue weighted by Gasteiger charge is -2.32. The van der Waals surface area contributed by atoms with E-state index in [1.54, 1.807) is 0 Å². The summed E-state index contributed by atoms with van der Waals surface area (Å²) in [6, 6.07) is 2.31. The number of piperidine rings is 1. The zero-order valence-corrected chi connectivity index (χ0v) is 15.3. The highest BCUT2D eigenvalue weighted by Gasteiger charge is 2.37. The Morgan fingerprint density at radius 3 is 2.44 bits per heavy atom. The average Bonchev–Trinajstić information content (AvgIpc) is 2.54. The van der Waals surface area contributed by atoms with Crippen molar-refractivity contribution in [1.29, 1.82) is 0 Å². The van der Waals surface area contributed by atoms with Gasteiger partial charge in [0.2, 0.25) is 20.0 Å². The molecule has 0 aromatic heterocycles. The Balaban J connectivity index is 2.38. The van der Waals surface area contributed by atoms with Gasteiger partial charge in [-0.05, 0) is 31.0 Å². The van der Waals surface area contributed by atoms with Gasteiger partial charge in [-0.15, -0.1) is 0 Å². The minimum atomic E-state index is -4.21. The van der Waals surface area contributed by atoms with Crippen LogP contribution in [0.3, 0.4) is 0 Å². The Morgan fingerprint density at radius 2 is 1.88 bits per heavy atom. The number of benzene rings is 1. The molecular weight excluding hydrogens is 375 g/mol. The molecule has 1 fully saturated rings. The first-order valence-electron chi connectivity index (χ1n) is 7.41. The number of hydrogen-bond acceptors (Lipinski definition) is 5. The molecule has 1 N–H and O–H groups in total. The van der Waals surface area contributed by atoms with Crippen molar-refractivity contribution in [2.45, 2.75) is 23.0 Å². The predicted molar refractivity (Wildman–Crippen MR) is 87.7 cm³/mol. The maximum absolute atomic E-state index is 13.6. The normalized spacial score (nSPS) is 19.9. The molecule has 1 heterocycles. The lowest BCUT2D eigenvalue weighted by Crippen LogP contribution is -2.48. The Bertz CT molecular complexity index is 883. The van der Waals surface area contributed by atoms with Crippen LogP contribution in [0.2, 0.25) is 0 Å². The highest BCUT2D eigenvalue weighted by molar-refractivity contribution is 7.90. The van der Waals surface area contributed by atoms with E-state index in [-0.39, 0.29) is 13.1 Å². The molecule has 140 valence electrons. The van der Waals surface area contributed by atoms with Crippen molar-refractivity contribution >= 4 is 26.0 Å². The van der Waals surface area contributed by atoms with Gasteiger partial charge in [0.15, 0.2) is 0 Å². The van der Waals surface area contributed by atoms with Gasteiger partial charge in [-0.25, -0.2) is 30.3 Å². The van der Waals surface area contributed by atoms with Crippen molar-refractivity contribution < 1.29 is 31.1 Å². The molecule has 0 radical (unpaired) electrons. The van der Waals surface area contributed by atoms with Gasteiger partial charge >= 0.3 is 5.97 Å². The van der Waals surface area contributed by atoms with Crippen LogP contribution < -0.4 is 0 Å². The summed E-state index contributed by atoms with van der Waals surface area (Å²) >= 11 is 0. The second-order valence-electron chi connectivity index (χ2n) is 5.94. The van der Waals surface area contributed by atoms with E-state index in [1.807, 2.05) is 0 Å². The summed E-state index contributed by atoms with van der Waals surface area (Å²) in [5.41, 5.74) is -0.493. The van der Waals surface area contributed by atoms with Gasteiger partial charge in [0.1, 0.15) is 5.82 Å². The minimum absolute atomic E-state index is 0.0840. The minimum Gasteiger partial charge on any atom is -0.478 e. The summed E-state index contributed by atoms with van der Waals surface area (Å²) < 4.78 is 65.6. The summed E-state index contributed by atoms with van der Waals surface area (Å²) in [6.07, 6.45) is 0.647. The summed E-state index contributed by atoms with van der Waals surface area (Å²) in [5.74, 6) is -2.45. The fraction of sp³-hybridized carbons (Fsp3) is 0.500. The standard InChI is InChI=1S/C14H19FN2O6S2/c1-16(2)24(20,21)12-4-3-5-17(9-12)25(22,23)13-7-10(14(18)19)6-11(15)8-13/h6-8,12H,3-5,9H2,1-2H3,(H,18,19). The fourth-order valence-corrected chi connectivity index (χ4v) is 5.75. The smallest absolute Gasteiger partial charge is 0.335 e. The van der Waals surface area contributed by atoms with E-state index in [0.717, 1.165) is 26.8 Å². The first-order valence-corrected chi connectivity index (χ1v) is 10.4. The maximum atomic E-state index is 13.6. The second-order valence-corrected chi connectivity index (χ2v) is 10.3. The van der Waals surface area contributed by atoms with E-state index in [2.05, 4.69) is 0 Å². The number of carboxylic acid groups (broad SMARTS) is 1. The van der Waals surface area contributed by atoms with E-state index in [9.17, 15) is 26.0 Å². The third-order valence-electron chi connectivity index (χ3n) is 4.03. The molecule has 1 aliphatic heterocycles. The summed E-state index contributed by atoms with van der Waals surface area (Å²) in [5, 5.41) is 8.06. The monoisotopic (exact) mass is 394 g/mol. The first kappa shape index (κ1) is 19.8. The molecule has 1 aromatic carbocycles. The van der Waals surface area contributed by atoms with Crippen LogP contribution >= 0.6 is 0 Å². The van der Waals surface area contributed by atoms with E-state index in [0.29, 0.717) is 12.8 Å². The molecule has 0 spiro atoms. The van der Waals surface area contributed by atoms with Crippen molar-refractivity contribution in [3.63, 3.8) is 0 Å². The number of carboxylic acids is 1. The number of carbonyl (C=O) groups is 1. The van der Waals surface area contributed by atoms with Gasteiger partial charge in [0, 0.05) is 27.2 Å². The van der Waals surface area contributed by atoms with Gasteiger partial charge in [-0.1, -0.05) is 0 Å². The lowest BCUT2D eigenvalue weighted by molar-refractivity contribution is 0.0696. The van der Waals surface area contributed by atoms with Crippen molar-refractivity contribution in [2.75, 3.05) is 27.2 Å². The molecule has 11 heteroatoms. The Hall–Kier alpha value is -1.56. The zero-order valence-electron chi connectivity index (χ0n) is 13.7.